The highest BCUT2D eigenvalue weighted by Crippen LogP contribution is 2.43. The molecule has 5 rings (SSSR count). The molecule has 1 unspecified atom stereocenters. The van der Waals surface area contributed by atoms with Gasteiger partial charge in [-0.15, -0.1) is 0 Å². The van der Waals surface area contributed by atoms with Gasteiger partial charge in [0.2, 0.25) is 0 Å². The molecule has 1 N–H and O–H groups in total. The molecule has 0 bridgehead atoms. The van der Waals surface area contributed by atoms with E-state index in [4.69, 9.17) is 9.47 Å². The lowest BCUT2D eigenvalue weighted by molar-refractivity contribution is -0.140. The summed E-state index contributed by atoms with van der Waals surface area (Å²) in [5, 5.41) is 11.7. The van der Waals surface area contributed by atoms with Crippen LogP contribution in [0.4, 0.5) is 0 Å². The zero-order valence-electron chi connectivity index (χ0n) is 23.5. The lowest BCUT2D eigenvalue weighted by Crippen LogP contribution is -2.29. The fourth-order valence-corrected chi connectivity index (χ4v) is 5.22. The SMILES string of the molecule is CCCCCOc1ccc(C2C(=C(O)c3c(C)nc4ccccn34)C(=O)C(=O)N2Cc2cccnc2)cc1OCC. The van der Waals surface area contributed by atoms with E-state index in [1.54, 1.807) is 48.1 Å². The maximum absolute atomic E-state index is 13.6. The number of likely N-dealkylation sites (tertiary alicyclic amines) is 1. The minimum atomic E-state index is -0.878. The number of aliphatic hydroxyl groups is 1. The van der Waals surface area contributed by atoms with Crippen molar-refractivity contribution in [2.45, 2.75) is 52.6 Å². The van der Waals surface area contributed by atoms with Gasteiger partial charge in [-0.05, 0) is 61.7 Å². The van der Waals surface area contributed by atoms with E-state index in [0.29, 0.717) is 47.3 Å². The van der Waals surface area contributed by atoms with Gasteiger partial charge in [-0.2, -0.15) is 0 Å². The quantitative estimate of drug-likeness (QED) is 0.111. The largest absolute Gasteiger partial charge is 0.505 e. The number of ether oxygens (including phenoxy) is 2. The molecular formula is C32H34N4O5. The van der Waals surface area contributed by atoms with Crippen LogP contribution in [0, 0.1) is 6.92 Å². The summed E-state index contributed by atoms with van der Waals surface area (Å²) in [7, 11) is 0. The van der Waals surface area contributed by atoms with Crippen molar-refractivity contribution in [2.75, 3.05) is 13.2 Å². The van der Waals surface area contributed by atoms with E-state index in [0.717, 1.165) is 24.8 Å². The van der Waals surface area contributed by atoms with Gasteiger partial charge in [-0.1, -0.05) is 38.0 Å². The minimum Gasteiger partial charge on any atom is -0.505 e. The predicted molar refractivity (Wildman–Crippen MR) is 155 cm³/mol. The van der Waals surface area contributed by atoms with Crippen LogP contribution >= 0.6 is 0 Å². The monoisotopic (exact) mass is 554 g/mol. The number of imidazole rings is 1. The number of aryl methyl sites for hydroxylation is 1. The molecule has 1 aromatic carbocycles. The molecule has 41 heavy (non-hydrogen) atoms. The van der Waals surface area contributed by atoms with Crippen molar-refractivity contribution >= 4 is 23.1 Å². The fourth-order valence-electron chi connectivity index (χ4n) is 5.22. The highest BCUT2D eigenvalue weighted by molar-refractivity contribution is 6.46. The zero-order chi connectivity index (χ0) is 28.9. The number of ketones is 1. The molecule has 1 aliphatic rings. The number of rotatable bonds is 11. The number of amides is 1. The van der Waals surface area contributed by atoms with Gasteiger partial charge in [0.05, 0.1) is 30.5 Å². The second-order valence-electron chi connectivity index (χ2n) is 9.96. The van der Waals surface area contributed by atoms with Gasteiger partial charge >= 0.3 is 0 Å². The van der Waals surface area contributed by atoms with Crippen molar-refractivity contribution in [2.24, 2.45) is 0 Å². The first-order valence-electron chi connectivity index (χ1n) is 14.0. The van der Waals surface area contributed by atoms with Crippen molar-refractivity contribution in [3.63, 3.8) is 0 Å². The number of pyridine rings is 2. The average molecular weight is 555 g/mol. The van der Waals surface area contributed by atoms with Crippen molar-refractivity contribution in [1.29, 1.82) is 0 Å². The number of hydrogen-bond acceptors (Lipinski definition) is 7. The van der Waals surface area contributed by atoms with Crippen LogP contribution in [0.2, 0.25) is 0 Å². The van der Waals surface area contributed by atoms with Crippen molar-refractivity contribution in [3.05, 3.63) is 95.2 Å². The molecular weight excluding hydrogens is 520 g/mol. The van der Waals surface area contributed by atoms with Crippen LogP contribution < -0.4 is 9.47 Å². The van der Waals surface area contributed by atoms with Crippen molar-refractivity contribution < 1.29 is 24.2 Å². The molecule has 1 fully saturated rings. The van der Waals surface area contributed by atoms with E-state index in [9.17, 15) is 14.7 Å². The van der Waals surface area contributed by atoms with Crippen molar-refractivity contribution in [1.82, 2.24) is 19.3 Å². The van der Waals surface area contributed by atoms with Gasteiger partial charge in [-0.3, -0.25) is 19.0 Å². The average Bonchev–Trinajstić information content (AvgIpc) is 3.44. The van der Waals surface area contributed by atoms with Gasteiger partial charge in [0.15, 0.2) is 17.3 Å². The Balaban J connectivity index is 1.65. The number of aromatic nitrogens is 3. The molecule has 0 aliphatic carbocycles. The van der Waals surface area contributed by atoms with E-state index in [2.05, 4.69) is 16.9 Å². The highest BCUT2D eigenvalue weighted by atomic mass is 16.5. The van der Waals surface area contributed by atoms with Gasteiger partial charge < -0.3 is 19.5 Å². The molecule has 1 amide bonds. The number of carbonyl (C=O) groups excluding carboxylic acids is 2. The Kier molecular flexibility index (Phi) is 8.33. The number of hydrogen-bond donors (Lipinski definition) is 1. The van der Waals surface area contributed by atoms with E-state index >= 15 is 0 Å². The lowest BCUT2D eigenvalue weighted by atomic mass is 9.95. The van der Waals surface area contributed by atoms with Crippen LogP contribution in [-0.2, 0) is 16.1 Å². The molecule has 4 aromatic rings. The molecule has 0 radical (unpaired) electrons. The third kappa shape index (κ3) is 5.52. The number of benzene rings is 1. The maximum Gasteiger partial charge on any atom is 0.295 e. The summed E-state index contributed by atoms with van der Waals surface area (Å²) in [6.45, 7) is 6.88. The summed E-state index contributed by atoms with van der Waals surface area (Å²) in [5.74, 6) is -0.645. The summed E-state index contributed by atoms with van der Waals surface area (Å²) in [6.07, 6.45) is 8.15. The van der Waals surface area contributed by atoms with Crippen molar-refractivity contribution in [3.8, 4) is 11.5 Å². The molecule has 4 heterocycles. The lowest BCUT2D eigenvalue weighted by Gasteiger charge is -2.26. The van der Waals surface area contributed by atoms with E-state index in [-0.39, 0.29) is 17.9 Å². The Morgan fingerprint density at radius 1 is 1.02 bits per heavy atom. The second-order valence-corrected chi connectivity index (χ2v) is 9.96. The fraction of sp³-hybridized carbons (Fsp3) is 0.312. The first-order valence-corrected chi connectivity index (χ1v) is 14.0. The zero-order valence-corrected chi connectivity index (χ0v) is 23.5. The van der Waals surface area contributed by atoms with Gasteiger partial charge in [0, 0.05) is 25.1 Å². The third-order valence-corrected chi connectivity index (χ3v) is 7.13. The van der Waals surface area contributed by atoms with Gasteiger partial charge in [0.1, 0.15) is 11.3 Å². The van der Waals surface area contributed by atoms with Crippen LogP contribution in [-0.4, -0.2) is 49.3 Å². The number of unbranched alkanes of at least 4 members (excludes halogenated alkanes) is 2. The number of Topliss-reactive ketones (excluding diaryl/α,β-unsaturated/α-hetero) is 1. The van der Waals surface area contributed by atoms with Gasteiger partial charge in [0.25, 0.3) is 11.7 Å². The number of nitrogens with zero attached hydrogens (tertiary/aromatic N) is 4. The second kappa shape index (κ2) is 12.2. The molecule has 212 valence electrons. The van der Waals surface area contributed by atoms with Crippen LogP contribution in [0.25, 0.3) is 11.4 Å². The maximum atomic E-state index is 13.6. The molecule has 3 aromatic heterocycles. The number of carbonyl (C=O) groups is 2. The van der Waals surface area contributed by atoms with Crippen LogP contribution in [0.5, 0.6) is 11.5 Å². The first-order chi connectivity index (χ1) is 19.9. The number of aliphatic hydroxyl groups excluding tert-OH is 1. The first kappa shape index (κ1) is 27.9. The molecule has 1 atom stereocenters. The number of fused-ring (bicyclic) bond motifs is 1. The summed E-state index contributed by atoms with van der Waals surface area (Å²) in [6, 6.07) is 13.6. The van der Waals surface area contributed by atoms with Crippen LogP contribution in [0.3, 0.4) is 0 Å². The van der Waals surface area contributed by atoms with Gasteiger partial charge in [-0.25, -0.2) is 4.98 Å². The Bertz CT molecular complexity index is 1590. The molecule has 1 saturated heterocycles. The summed E-state index contributed by atoms with van der Waals surface area (Å²) in [4.78, 5) is 37.4. The van der Waals surface area contributed by atoms with E-state index in [1.165, 1.54) is 4.90 Å². The van der Waals surface area contributed by atoms with Crippen LogP contribution in [0.1, 0.15) is 61.7 Å². The molecule has 1 aliphatic heterocycles. The molecule has 0 spiro atoms. The van der Waals surface area contributed by atoms with Crippen LogP contribution in [0.15, 0.2) is 72.7 Å². The standard InChI is InChI=1S/C32H34N4O5/c1-4-6-9-17-41-24-14-13-23(18-25(24)40-5-2)29-27(30(37)28-21(3)34-26-12-7-8-16-35(26)28)31(38)32(39)36(29)20-22-11-10-15-33-19-22/h7-8,10-16,18-19,29,37H,4-6,9,17,20H2,1-3H3. The van der Waals surface area contributed by atoms with E-state index in [1.807, 2.05) is 37.3 Å². The molecule has 9 heteroatoms. The Morgan fingerprint density at radius 2 is 1.88 bits per heavy atom. The molecule has 9 nitrogen and oxygen atoms in total. The Hall–Kier alpha value is -4.66. The molecule has 0 saturated carbocycles. The van der Waals surface area contributed by atoms with E-state index < -0.39 is 17.7 Å². The summed E-state index contributed by atoms with van der Waals surface area (Å²) >= 11 is 0. The summed E-state index contributed by atoms with van der Waals surface area (Å²) in [5.41, 5.74) is 2.89. The summed E-state index contributed by atoms with van der Waals surface area (Å²) < 4.78 is 13.7. The Morgan fingerprint density at radius 3 is 2.63 bits per heavy atom. The Labute approximate surface area is 239 Å². The smallest absolute Gasteiger partial charge is 0.295 e. The predicted octanol–water partition coefficient (Wildman–Crippen LogP) is 5.63. The topological polar surface area (TPSA) is 106 Å². The minimum absolute atomic E-state index is 0.00768. The third-order valence-electron chi connectivity index (χ3n) is 7.13. The normalized spacial score (nSPS) is 16.5. The highest BCUT2D eigenvalue weighted by Gasteiger charge is 2.47.